The molecule has 0 aliphatic carbocycles. The Balaban J connectivity index is 2.53. The quantitative estimate of drug-likeness (QED) is 0.329. The summed E-state index contributed by atoms with van der Waals surface area (Å²) in [6, 6.07) is 0. The largest absolute Gasteiger partial charge is 0.394 e. The highest BCUT2D eigenvalue weighted by molar-refractivity contribution is 4.84. The van der Waals surface area contributed by atoms with E-state index in [4.69, 9.17) is 20.4 Å². The van der Waals surface area contributed by atoms with Gasteiger partial charge in [0.05, 0.1) is 6.61 Å². The van der Waals surface area contributed by atoms with Crippen LogP contribution in [0.4, 0.5) is 0 Å². The van der Waals surface area contributed by atoms with Crippen LogP contribution >= 0.6 is 0 Å². The van der Waals surface area contributed by atoms with Gasteiger partial charge in [-0.25, -0.2) is 0 Å². The van der Waals surface area contributed by atoms with Gasteiger partial charge < -0.3 is 25.2 Å². The molecule has 4 N–H and O–H groups in total. The lowest BCUT2D eigenvalue weighted by Gasteiger charge is -2.09. The van der Waals surface area contributed by atoms with Crippen molar-refractivity contribution in [1.29, 1.82) is 0 Å². The Morgan fingerprint density at radius 3 is 1.90 bits per heavy atom. The third-order valence-electron chi connectivity index (χ3n) is 1.52. The van der Waals surface area contributed by atoms with Gasteiger partial charge >= 0.3 is 0 Å². The lowest BCUT2D eigenvalue weighted by atomic mass is 10.1. The van der Waals surface area contributed by atoms with Gasteiger partial charge in [0.15, 0.2) is 6.29 Å². The molecule has 0 radical (unpaired) electrons. The first-order chi connectivity index (χ1) is 4.66. The van der Waals surface area contributed by atoms with E-state index in [-0.39, 0.29) is 0 Å². The molecular formula is C5H10O5. The normalized spacial score (nSPS) is 48.0. The first-order valence-electron chi connectivity index (χ1n) is 2.97. The fourth-order valence-electron chi connectivity index (χ4n) is 0.880. The molecular weight excluding hydrogens is 140 g/mol. The summed E-state index contributed by atoms with van der Waals surface area (Å²) in [7, 11) is 0. The summed E-state index contributed by atoms with van der Waals surface area (Å²) in [5.74, 6) is 0. The van der Waals surface area contributed by atoms with Crippen molar-refractivity contribution in [2.24, 2.45) is 0 Å². The molecule has 1 heterocycles. The third-order valence-corrected chi connectivity index (χ3v) is 1.52. The molecule has 0 aromatic heterocycles. The monoisotopic (exact) mass is 150 g/mol. The second-order valence-electron chi connectivity index (χ2n) is 2.23. The van der Waals surface area contributed by atoms with E-state index in [1.165, 1.54) is 0 Å². The van der Waals surface area contributed by atoms with Crippen molar-refractivity contribution >= 4 is 0 Å². The highest BCUT2D eigenvalue weighted by atomic mass is 16.6. The molecule has 0 aromatic rings. The van der Waals surface area contributed by atoms with Crippen LogP contribution in [0.1, 0.15) is 0 Å². The third kappa shape index (κ3) is 1.14. The molecule has 0 spiro atoms. The van der Waals surface area contributed by atoms with Gasteiger partial charge in [-0.3, -0.25) is 0 Å². The molecule has 0 aromatic carbocycles. The number of hydrogen-bond acceptors (Lipinski definition) is 5. The highest BCUT2D eigenvalue weighted by Gasteiger charge is 2.41. The maximum Gasteiger partial charge on any atom is 0.184 e. The highest BCUT2D eigenvalue weighted by Crippen LogP contribution is 2.18. The summed E-state index contributed by atoms with van der Waals surface area (Å²) in [6.45, 7) is -0.407. The minimum absolute atomic E-state index is 0.407. The van der Waals surface area contributed by atoms with Gasteiger partial charge in [-0.2, -0.15) is 0 Å². The molecule has 10 heavy (non-hydrogen) atoms. The van der Waals surface area contributed by atoms with Gasteiger partial charge in [0.2, 0.25) is 0 Å². The summed E-state index contributed by atoms with van der Waals surface area (Å²) >= 11 is 0. The topological polar surface area (TPSA) is 90.2 Å². The lowest BCUT2D eigenvalue weighted by Crippen LogP contribution is -2.33. The van der Waals surface area contributed by atoms with Crippen LogP contribution in [0.2, 0.25) is 0 Å². The van der Waals surface area contributed by atoms with Crippen LogP contribution in [0.25, 0.3) is 0 Å². The fourth-order valence-corrected chi connectivity index (χ4v) is 0.880. The van der Waals surface area contributed by atoms with Gasteiger partial charge in [0, 0.05) is 0 Å². The Morgan fingerprint density at radius 2 is 1.70 bits per heavy atom. The van der Waals surface area contributed by atoms with Crippen molar-refractivity contribution in [2.75, 3.05) is 6.61 Å². The van der Waals surface area contributed by atoms with Crippen LogP contribution in [-0.2, 0) is 4.74 Å². The summed E-state index contributed by atoms with van der Waals surface area (Å²) in [5.41, 5.74) is 0. The van der Waals surface area contributed by atoms with E-state index in [9.17, 15) is 0 Å². The van der Waals surface area contributed by atoms with Crippen molar-refractivity contribution in [3.05, 3.63) is 0 Å². The molecule has 5 nitrogen and oxygen atoms in total. The van der Waals surface area contributed by atoms with Crippen LogP contribution < -0.4 is 0 Å². The lowest BCUT2D eigenvalue weighted by molar-refractivity contribution is -0.132. The van der Waals surface area contributed by atoms with E-state index >= 15 is 0 Å². The molecule has 1 aliphatic rings. The first kappa shape index (κ1) is 7.90. The van der Waals surface area contributed by atoms with E-state index in [2.05, 4.69) is 4.74 Å². The summed E-state index contributed by atoms with van der Waals surface area (Å²) in [4.78, 5) is 0. The van der Waals surface area contributed by atoms with Crippen molar-refractivity contribution in [2.45, 2.75) is 24.6 Å². The second kappa shape index (κ2) is 2.81. The van der Waals surface area contributed by atoms with Crippen LogP contribution in [-0.4, -0.2) is 51.6 Å². The number of rotatable bonds is 1. The molecule has 5 heteroatoms. The molecule has 1 rings (SSSR count). The van der Waals surface area contributed by atoms with E-state index < -0.39 is 31.2 Å². The SMILES string of the molecule is OCC1O[C@@H](O)C(O)C1O. The number of aliphatic hydroxyl groups is 4. The second-order valence-corrected chi connectivity index (χ2v) is 2.23. The first-order valence-corrected chi connectivity index (χ1v) is 2.97. The minimum Gasteiger partial charge on any atom is -0.394 e. The molecule has 60 valence electrons. The molecule has 1 fully saturated rings. The minimum atomic E-state index is -1.38. The van der Waals surface area contributed by atoms with Gasteiger partial charge in [0.1, 0.15) is 18.3 Å². The Hall–Kier alpha value is -0.200. The maximum atomic E-state index is 8.93. The Labute approximate surface area is 57.5 Å². The standard InChI is InChI=1S/C5H10O5/c6-1-2-3(7)4(8)5(9)10-2/h2-9H,1H2/t2?,3?,4?,5-/m1/s1. The van der Waals surface area contributed by atoms with Crippen molar-refractivity contribution in [1.82, 2.24) is 0 Å². The van der Waals surface area contributed by atoms with Gasteiger partial charge in [-0.05, 0) is 0 Å². The summed E-state index contributed by atoms with van der Waals surface area (Å²) in [5, 5.41) is 35.0. The van der Waals surface area contributed by atoms with Crippen molar-refractivity contribution < 1.29 is 25.2 Å². The van der Waals surface area contributed by atoms with E-state index in [0.717, 1.165) is 0 Å². The zero-order chi connectivity index (χ0) is 7.72. The van der Waals surface area contributed by atoms with E-state index in [0.29, 0.717) is 0 Å². The number of hydrogen-bond donors (Lipinski definition) is 4. The van der Waals surface area contributed by atoms with Crippen LogP contribution in [0.3, 0.4) is 0 Å². The molecule has 0 bridgehead atoms. The average Bonchev–Trinajstić information content (AvgIpc) is 2.17. The van der Waals surface area contributed by atoms with Gasteiger partial charge in [-0.15, -0.1) is 0 Å². The smallest absolute Gasteiger partial charge is 0.184 e. The summed E-state index contributed by atoms with van der Waals surface area (Å²) in [6.07, 6.45) is -4.76. The van der Waals surface area contributed by atoms with Crippen molar-refractivity contribution in [3.8, 4) is 0 Å². The van der Waals surface area contributed by atoms with Gasteiger partial charge in [0.25, 0.3) is 0 Å². The number of ether oxygens (including phenoxy) is 1. The van der Waals surface area contributed by atoms with E-state index in [1.807, 2.05) is 0 Å². The zero-order valence-electron chi connectivity index (χ0n) is 5.21. The Kier molecular flexibility index (Phi) is 2.22. The molecule has 0 amide bonds. The molecule has 1 aliphatic heterocycles. The molecule has 3 unspecified atom stereocenters. The van der Waals surface area contributed by atoms with Gasteiger partial charge in [-0.1, -0.05) is 0 Å². The Morgan fingerprint density at radius 1 is 1.10 bits per heavy atom. The molecule has 1 saturated heterocycles. The molecule has 0 saturated carbocycles. The Bertz CT molecular complexity index is 117. The van der Waals surface area contributed by atoms with Crippen LogP contribution in [0.15, 0.2) is 0 Å². The predicted octanol–water partition coefficient (Wildman–Crippen LogP) is -2.58. The predicted molar refractivity (Wildman–Crippen MR) is 30.0 cm³/mol. The average molecular weight is 150 g/mol. The van der Waals surface area contributed by atoms with Crippen LogP contribution in [0, 0.1) is 0 Å². The van der Waals surface area contributed by atoms with Crippen LogP contribution in [0.5, 0.6) is 0 Å². The van der Waals surface area contributed by atoms with E-state index in [1.54, 1.807) is 0 Å². The molecule has 4 atom stereocenters. The zero-order valence-corrected chi connectivity index (χ0v) is 5.21. The summed E-state index contributed by atoms with van der Waals surface area (Å²) < 4.78 is 4.54. The fraction of sp³-hybridized carbons (Fsp3) is 1.00. The maximum absolute atomic E-state index is 8.93. The number of aliphatic hydroxyl groups excluding tert-OH is 4. The van der Waals surface area contributed by atoms with Crippen molar-refractivity contribution in [3.63, 3.8) is 0 Å².